The molecule has 140 valence electrons. The van der Waals surface area contributed by atoms with Gasteiger partial charge in [-0.3, -0.25) is 0 Å². The number of carbonyl (C=O) groups is 1. The van der Waals surface area contributed by atoms with E-state index in [4.69, 9.17) is 4.42 Å². The van der Waals surface area contributed by atoms with E-state index in [1.54, 1.807) is 12.1 Å². The summed E-state index contributed by atoms with van der Waals surface area (Å²) in [6.45, 7) is 5.62. The third-order valence-corrected chi connectivity index (χ3v) is 4.83. The van der Waals surface area contributed by atoms with Crippen LogP contribution in [0, 0.1) is 19.7 Å². The minimum Gasteiger partial charge on any atom is -0.544 e. The summed E-state index contributed by atoms with van der Waals surface area (Å²) in [7, 11) is 0. The van der Waals surface area contributed by atoms with Crippen LogP contribution in [0.3, 0.4) is 0 Å². The summed E-state index contributed by atoms with van der Waals surface area (Å²) in [5, 5.41) is 19.4. The molecule has 0 aliphatic carbocycles. The van der Waals surface area contributed by atoms with Gasteiger partial charge in [-0.05, 0) is 67.6 Å². The lowest BCUT2D eigenvalue weighted by molar-refractivity contribution is -0.298. The number of rotatable bonds is 6. The lowest BCUT2D eigenvalue weighted by Crippen LogP contribution is -2.23. The number of carboxylic acid groups (broad SMARTS) is 1. The predicted octanol–water partition coefficient (Wildman–Crippen LogP) is 3.06. The summed E-state index contributed by atoms with van der Waals surface area (Å²) in [6.07, 6.45) is 2.08. The molecule has 0 radical (unpaired) electrons. The van der Waals surface area contributed by atoms with Crippen molar-refractivity contribution in [2.75, 3.05) is 0 Å². The molecular formula is C19H17FN3O3S-. The van der Waals surface area contributed by atoms with E-state index in [0.717, 1.165) is 28.8 Å². The lowest BCUT2D eigenvalue weighted by Gasteiger charge is -2.10. The Kier molecular flexibility index (Phi) is 5.46. The molecule has 0 N–H and O–H groups in total. The van der Waals surface area contributed by atoms with Gasteiger partial charge >= 0.3 is 0 Å². The van der Waals surface area contributed by atoms with Gasteiger partial charge in [-0.1, -0.05) is 6.92 Å². The van der Waals surface area contributed by atoms with Crippen LogP contribution in [-0.4, -0.2) is 20.7 Å². The Labute approximate surface area is 159 Å². The van der Waals surface area contributed by atoms with Gasteiger partial charge in [0.05, 0.1) is 5.97 Å². The summed E-state index contributed by atoms with van der Waals surface area (Å²) in [4.78, 5) is 11.5. The van der Waals surface area contributed by atoms with Gasteiger partial charge in [0, 0.05) is 28.4 Å². The maximum atomic E-state index is 13.2. The Morgan fingerprint density at radius 3 is 2.59 bits per heavy atom. The van der Waals surface area contributed by atoms with Crippen LogP contribution in [0.4, 0.5) is 4.39 Å². The zero-order valence-electron chi connectivity index (χ0n) is 15.0. The number of carbonyl (C=O) groups excluding carboxylic acids is 1. The first kappa shape index (κ1) is 18.9. The van der Waals surface area contributed by atoms with Crippen LogP contribution in [0.1, 0.15) is 29.8 Å². The van der Waals surface area contributed by atoms with Gasteiger partial charge in [0.15, 0.2) is 0 Å². The van der Waals surface area contributed by atoms with E-state index in [1.807, 2.05) is 31.4 Å². The summed E-state index contributed by atoms with van der Waals surface area (Å²) in [5.41, 5.74) is 3.20. The highest BCUT2D eigenvalue weighted by atomic mass is 32.2. The molecule has 2 heterocycles. The first-order valence-electron chi connectivity index (χ1n) is 8.27. The fourth-order valence-corrected chi connectivity index (χ4v) is 3.39. The Morgan fingerprint density at radius 2 is 2.00 bits per heavy atom. The van der Waals surface area contributed by atoms with Crippen molar-refractivity contribution in [2.45, 2.75) is 32.4 Å². The van der Waals surface area contributed by atoms with E-state index in [0.29, 0.717) is 17.9 Å². The molecule has 6 nitrogen and oxygen atoms in total. The van der Waals surface area contributed by atoms with Crippen LogP contribution in [0.2, 0.25) is 0 Å². The van der Waals surface area contributed by atoms with Crippen molar-refractivity contribution >= 4 is 23.8 Å². The molecule has 0 unspecified atom stereocenters. The van der Waals surface area contributed by atoms with Crippen LogP contribution in [-0.2, 0) is 11.2 Å². The predicted molar refractivity (Wildman–Crippen MR) is 97.7 cm³/mol. The first-order valence-corrected chi connectivity index (χ1v) is 9.08. The molecule has 3 rings (SSSR count). The molecule has 3 aromatic rings. The number of aryl methyl sites for hydroxylation is 2. The highest BCUT2D eigenvalue weighted by Gasteiger charge is 2.14. The zero-order chi connectivity index (χ0) is 19.6. The topological polar surface area (TPSA) is 84.0 Å². The third kappa shape index (κ3) is 4.11. The van der Waals surface area contributed by atoms with Crippen molar-refractivity contribution in [1.29, 1.82) is 0 Å². The quantitative estimate of drug-likeness (QED) is 0.478. The maximum absolute atomic E-state index is 13.2. The molecule has 0 bridgehead atoms. The van der Waals surface area contributed by atoms with Crippen molar-refractivity contribution in [3.05, 3.63) is 63.9 Å². The molecule has 0 amide bonds. The lowest BCUT2D eigenvalue weighted by atomic mass is 10.2. The third-order valence-electron chi connectivity index (χ3n) is 3.99. The Balaban J connectivity index is 1.97. The standard InChI is InChI=1S/C19H18FN3O3S/c1-4-17-21-22-19(26-17)27-16(18(24)25)10-13-9-11(2)23(12(13)3)15-7-5-14(20)6-8-15/h5-10H,4H2,1-3H3,(H,24,25)/p-1/b16-10-. The molecular weight excluding hydrogens is 369 g/mol. The minimum absolute atomic E-state index is 0.0411. The Morgan fingerprint density at radius 1 is 1.30 bits per heavy atom. The largest absolute Gasteiger partial charge is 0.544 e. The second-order valence-electron chi connectivity index (χ2n) is 5.85. The van der Waals surface area contributed by atoms with Crippen LogP contribution in [0.5, 0.6) is 0 Å². The van der Waals surface area contributed by atoms with E-state index in [2.05, 4.69) is 10.2 Å². The molecule has 0 aliphatic rings. The monoisotopic (exact) mass is 386 g/mol. The fraction of sp³-hybridized carbons (Fsp3) is 0.211. The molecule has 0 saturated heterocycles. The molecule has 8 heteroatoms. The van der Waals surface area contributed by atoms with Crippen molar-refractivity contribution in [1.82, 2.24) is 14.8 Å². The first-order chi connectivity index (χ1) is 12.9. The molecule has 2 aromatic heterocycles. The van der Waals surface area contributed by atoms with Gasteiger partial charge in [-0.2, -0.15) is 0 Å². The second-order valence-corrected chi connectivity index (χ2v) is 6.84. The maximum Gasteiger partial charge on any atom is 0.281 e. The average Bonchev–Trinajstić information content (AvgIpc) is 3.20. The van der Waals surface area contributed by atoms with Crippen molar-refractivity contribution in [3.63, 3.8) is 0 Å². The van der Waals surface area contributed by atoms with Crippen LogP contribution in [0.25, 0.3) is 11.8 Å². The number of hydrogen-bond acceptors (Lipinski definition) is 6. The van der Waals surface area contributed by atoms with Gasteiger partial charge in [-0.15, -0.1) is 10.2 Å². The Bertz CT molecular complexity index is 1010. The van der Waals surface area contributed by atoms with Crippen molar-refractivity contribution in [3.8, 4) is 5.69 Å². The smallest absolute Gasteiger partial charge is 0.281 e. The zero-order valence-corrected chi connectivity index (χ0v) is 15.8. The van der Waals surface area contributed by atoms with Gasteiger partial charge in [-0.25, -0.2) is 4.39 Å². The molecule has 0 spiro atoms. The fourth-order valence-electron chi connectivity index (χ4n) is 2.71. The molecule has 1 aromatic carbocycles. The van der Waals surface area contributed by atoms with E-state index in [1.165, 1.54) is 18.2 Å². The second kappa shape index (κ2) is 7.79. The number of hydrogen-bond donors (Lipinski definition) is 0. The summed E-state index contributed by atoms with van der Waals surface area (Å²) in [6, 6.07) is 7.96. The van der Waals surface area contributed by atoms with Crippen LogP contribution >= 0.6 is 11.8 Å². The molecule has 0 aliphatic heterocycles. The summed E-state index contributed by atoms with van der Waals surface area (Å²) in [5.74, 6) is -1.21. The number of benzene rings is 1. The van der Waals surface area contributed by atoms with E-state index < -0.39 is 5.97 Å². The number of thioether (sulfide) groups is 1. The van der Waals surface area contributed by atoms with Crippen LogP contribution < -0.4 is 5.11 Å². The number of halogens is 1. The highest BCUT2D eigenvalue weighted by molar-refractivity contribution is 8.03. The molecule has 0 saturated carbocycles. The normalized spacial score (nSPS) is 11.8. The number of carboxylic acids is 1. The number of aromatic nitrogens is 3. The van der Waals surface area contributed by atoms with E-state index >= 15 is 0 Å². The summed E-state index contributed by atoms with van der Waals surface area (Å²) < 4.78 is 20.5. The molecule has 27 heavy (non-hydrogen) atoms. The molecule has 0 fully saturated rings. The Hall–Kier alpha value is -2.87. The van der Waals surface area contributed by atoms with Crippen LogP contribution in [0.15, 0.2) is 44.9 Å². The number of aliphatic carboxylic acids is 1. The van der Waals surface area contributed by atoms with E-state index in [-0.39, 0.29) is 15.9 Å². The number of nitrogens with zero attached hydrogens (tertiary/aromatic N) is 3. The minimum atomic E-state index is -1.33. The van der Waals surface area contributed by atoms with Gasteiger partial charge in [0.25, 0.3) is 5.22 Å². The van der Waals surface area contributed by atoms with Gasteiger partial charge < -0.3 is 18.9 Å². The van der Waals surface area contributed by atoms with Gasteiger partial charge in [0.2, 0.25) is 5.89 Å². The average molecular weight is 386 g/mol. The highest BCUT2D eigenvalue weighted by Crippen LogP contribution is 2.29. The summed E-state index contributed by atoms with van der Waals surface area (Å²) >= 11 is 0.849. The van der Waals surface area contributed by atoms with Crippen molar-refractivity contribution < 1.29 is 18.7 Å². The molecule has 0 atom stereocenters. The van der Waals surface area contributed by atoms with Gasteiger partial charge in [0.1, 0.15) is 5.82 Å². The van der Waals surface area contributed by atoms with Crippen molar-refractivity contribution in [2.24, 2.45) is 0 Å². The SMILES string of the molecule is CCc1nnc(S/C(=C\c2cc(C)n(-c3ccc(F)cc3)c2C)C(=O)[O-])o1. The van der Waals surface area contributed by atoms with E-state index in [9.17, 15) is 14.3 Å².